The van der Waals surface area contributed by atoms with Crippen molar-refractivity contribution in [3.63, 3.8) is 0 Å². The zero-order chi connectivity index (χ0) is 21.1. The average Bonchev–Trinajstić information content (AvgIpc) is 2.71. The number of anilines is 1. The van der Waals surface area contributed by atoms with Crippen LogP contribution >= 0.6 is 0 Å². The lowest BCUT2D eigenvalue weighted by molar-refractivity contribution is 0.0601. The summed E-state index contributed by atoms with van der Waals surface area (Å²) in [6.45, 7) is 4.26. The Morgan fingerprint density at radius 1 is 0.966 bits per heavy atom. The zero-order valence-electron chi connectivity index (χ0n) is 17.0. The summed E-state index contributed by atoms with van der Waals surface area (Å²) in [5.74, 6) is 0.360. The number of benzene rings is 2. The van der Waals surface area contributed by atoms with E-state index in [1.807, 2.05) is 26.0 Å². The van der Waals surface area contributed by atoms with Crippen molar-refractivity contribution in [1.29, 1.82) is 0 Å². The van der Waals surface area contributed by atoms with Gasteiger partial charge in [-0.15, -0.1) is 0 Å². The molecule has 0 bridgehead atoms. The molecule has 0 saturated heterocycles. The molecule has 0 spiro atoms. The van der Waals surface area contributed by atoms with Crippen LogP contribution in [-0.2, 0) is 11.3 Å². The molecule has 7 nitrogen and oxygen atoms in total. The van der Waals surface area contributed by atoms with Gasteiger partial charge in [-0.1, -0.05) is 0 Å². The van der Waals surface area contributed by atoms with E-state index in [0.29, 0.717) is 34.9 Å². The van der Waals surface area contributed by atoms with Crippen molar-refractivity contribution >= 4 is 22.6 Å². The van der Waals surface area contributed by atoms with Gasteiger partial charge < -0.3 is 23.9 Å². The van der Waals surface area contributed by atoms with Crippen molar-refractivity contribution in [2.75, 3.05) is 26.6 Å². The van der Waals surface area contributed by atoms with Gasteiger partial charge in [-0.05, 0) is 42.7 Å². The van der Waals surface area contributed by atoms with Crippen LogP contribution < -0.4 is 20.4 Å². The quantitative estimate of drug-likeness (QED) is 0.500. The summed E-state index contributed by atoms with van der Waals surface area (Å²) in [5, 5.41) is 4.04. The van der Waals surface area contributed by atoms with Gasteiger partial charge in [0.05, 0.1) is 32.6 Å². The largest absolute Gasteiger partial charge is 0.493 e. The van der Waals surface area contributed by atoms with Gasteiger partial charge >= 0.3 is 11.6 Å². The van der Waals surface area contributed by atoms with Gasteiger partial charge in [-0.3, -0.25) is 0 Å². The number of rotatable bonds is 6. The van der Waals surface area contributed by atoms with Crippen molar-refractivity contribution in [2.45, 2.75) is 20.4 Å². The highest BCUT2D eigenvalue weighted by atomic mass is 16.5. The van der Waals surface area contributed by atoms with Gasteiger partial charge in [0.1, 0.15) is 5.58 Å². The first kappa shape index (κ1) is 20.3. The minimum absolute atomic E-state index is 0.296. The summed E-state index contributed by atoms with van der Waals surface area (Å²) in [4.78, 5) is 24.3. The second-order valence-corrected chi connectivity index (χ2v) is 6.62. The molecule has 0 unspecified atom stereocenters. The summed E-state index contributed by atoms with van der Waals surface area (Å²) in [5.41, 5.74) is 3.78. The van der Waals surface area contributed by atoms with Crippen molar-refractivity contribution in [3.05, 3.63) is 63.0 Å². The number of methoxy groups -OCH3 is 3. The number of hydrogen-bond acceptors (Lipinski definition) is 7. The third-order valence-electron chi connectivity index (χ3n) is 4.84. The molecular formula is C22H23NO6. The van der Waals surface area contributed by atoms with Gasteiger partial charge in [0.2, 0.25) is 0 Å². The van der Waals surface area contributed by atoms with E-state index in [1.54, 1.807) is 12.1 Å². The molecule has 0 atom stereocenters. The molecule has 0 saturated carbocycles. The predicted octanol–water partition coefficient (Wildman–Crippen LogP) is 3.83. The van der Waals surface area contributed by atoms with Gasteiger partial charge in [-0.2, -0.15) is 0 Å². The maximum Gasteiger partial charge on any atom is 0.340 e. The molecule has 7 heteroatoms. The second kappa shape index (κ2) is 8.26. The van der Waals surface area contributed by atoms with Crippen LogP contribution in [0.25, 0.3) is 11.0 Å². The molecule has 0 aliphatic heterocycles. The normalized spacial score (nSPS) is 10.7. The Morgan fingerprint density at radius 2 is 1.62 bits per heavy atom. The molecule has 1 aromatic heterocycles. The molecule has 2 aromatic carbocycles. The summed E-state index contributed by atoms with van der Waals surface area (Å²) < 4.78 is 20.8. The van der Waals surface area contributed by atoms with E-state index in [2.05, 4.69) is 5.32 Å². The zero-order valence-corrected chi connectivity index (χ0v) is 17.0. The van der Waals surface area contributed by atoms with Gasteiger partial charge in [0.25, 0.3) is 0 Å². The molecule has 0 amide bonds. The van der Waals surface area contributed by atoms with Crippen LogP contribution in [0.2, 0.25) is 0 Å². The van der Waals surface area contributed by atoms with E-state index in [0.717, 1.165) is 22.1 Å². The Morgan fingerprint density at radius 3 is 2.28 bits per heavy atom. The Balaban J connectivity index is 2.04. The minimum Gasteiger partial charge on any atom is -0.493 e. The maximum atomic E-state index is 12.2. The van der Waals surface area contributed by atoms with Crippen LogP contribution in [0.3, 0.4) is 0 Å². The van der Waals surface area contributed by atoms with Gasteiger partial charge in [0.15, 0.2) is 11.5 Å². The molecule has 0 aliphatic carbocycles. The Labute approximate surface area is 168 Å². The Hall–Kier alpha value is -3.48. The summed E-state index contributed by atoms with van der Waals surface area (Å²) in [6.07, 6.45) is 0. The fourth-order valence-corrected chi connectivity index (χ4v) is 3.12. The third kappa shape index (κ3) is 4.03. The van der Waals surface area contributed by atoms with Crippen LogP contribution in [0.1, 0.15) is 27.0 Å². The van der Waals surface area contributed by atoms with Crippen LogP contribution in [0, 0.1) is 13.8 Å². The lowest BCUT2D eigenvalue weighted by Crippen LogP contribution is -2.11. The highest BCUT2D eigenvalue weighted by Gasteiger charge is 2.18. The van der Waals surface area contributed by atoms with Gasteiger partial charge in [0, 0.05) is 30.1 Å². The SMILES string of the molecule is COC(=O)c1cc(OC)c(OC)cc1NCc1cc(=O)oc2cc(C)c(C)cc12. The fourth-order valence-electron chi connectivity index (χ4n) is 3.12. The molecule has 0 fully saturated rings. The number of nitrogens with one attached hydrogen (secondary N) is 1. The average molecular weight is 397 g/mol. The molecular weight excluding hydrogens is 374 g/mol. The van der Waals surface area contributed by atoms with Crippen molar-refractivity contribution in [3.8, 4) is 11.5 Å². The lowest BCUT2D eigenvalue weighted by atomic mass is 10.0. The highest BCUT2D eigenvalue weighted by Crippen LogP contribution is 2.34. The van der Waals surface area contributed by atoms with E-state index < -0.39 is 11.6 Å². The summed E-state index contributed by atoms with van der Waals surface area (Å²) in [7, 11) is 4.32. The van der Waals surface area contributed by atoms with Crippen LogP contribution in [0.4, 0.5) is 5.69 Å². The number of hydrogen-bond donors (Lipinski definition) is 1. The van der Waals surface area contributed by atoms with E-state index in [1.165, 1.54) is 27.4 Å². The molecule has 1 heterocycles. The summed E-state index contributed by atoms with van der Waals surface area (Å²) in [6, 6.07) is 8.50. The number of carbonyl (C=O) groups excluding carboxylic acids is 1. The smallest absolute Gasteiger partial charge is 0.340 e. The Bertz CT molecular complexity index is 1130. The molecule has 3 aromatic rings. The van der Waals surface area contributed by atoms with E-state index in [4.69, 9.17) is 18.6 Å². The Kier molecular flexibility index (Phi) is 5.77. The van der Waals surface area contributed by atoms with E-state index >= 15 is 0 Å². The van der Waals surface area contributed by atoms with E-state index in [-0.39, 0.29) is 0 Å². The van der Waals surface area contributed by atoms with Crippen molar-refractivity contribution in [1.82, 2.24) is 0 Å². The van der Waals surface area contributed by atoms with Crippen molar-refractivity contribution in [2.24, 2.45) is 0 Å². The van der Waals surface area contributed by atoms with Crippen LogP contribution in [-0.4, -0.2) is 27.3 Å². The topological polar surface area (TPSA) is 87.0 Å². The lowest BCUT2D eigenvalue weighted by Gasteiger charge is -2.16. The fraction of sp³-hybridized carbons (Fsp3) is 0.273. The second-order valence-electron chi connectivity index (χ2n) is 6.62. The molecule has 0 radical (unpaired) electrons. The summed E-state index contributed by atoms with van der Waals surface area (Å²) >= 11 is 0. The number of fused-ring (bicyclic) bond motifs is 1. The van der Waals surface area contributed by atoms with Gasteiger partial charge in [-0.25, -0.2) is 9.59 Å². The highest BCUT2D eigenvalue weighted by molar-refractivity contribution is 5.97. The third-order valence-corrected chi connectivity index (χ3v) is 4.84. The molecule has 152 valence electrons. The first-order valence-electron chi connectivity index (χ1n) is 9.00. The monoisotopic (exact) mass is 397 g/mol. The molecule has 29 heavy (non-hydrogen) atoms. The predicted molar refractivity (Wildman–Crippen MR) is 110 cm³/mol. The first-order chi connectivity index (χ1) is 13.9. The maximum absolute atomic E-state index is 12.2. The molecule has 1 N–H and O–H groups in total. The molecule has 0 aliphatic rings. The van der Waals surface area contributed by atoms with Crippen molar-refractivity contribution < 1.29 is 23.4 Å². The number of carbonyl (C=O) groups is 1. The van der Waals surface area contributed by atoms with Crippen LogP contribution in [0.15, 0.2) is 39.5 Å². The van der Waals surface area contributed by atoms with E-state index in [9.17, 15) is 9.59 Å². The van der Waals surface area contributed by atoms with Crippen LogP contribution in [0.5, 0.6) is 11.5 Å². The number of esters is 1. The number of ether oxygens (including phenoxy) is 3. The standard InChI is InChI=1S/C22H23NO6/c1-12-6-15-14(8-21(24)29-18(15)7-13(12)2)11-23-17-10-20(27-4)19(26-3)9-16(17)22(25)28-5/h6-10,23H,11H2,1-5H3. The first-order valence-corrected chi connectivity index (χ1v) is 9.00. The number of aryl methyl sites for hydroxylation is 2. The molecule has 3 rings (SSSR count). The minimum atomic E-state index is -0.516.